The van der Waals surface area contributed by atoms with Gasteiger partial charge in [0, 0.05) is 17.1 Å². The van der Waals surface area contributed by atoms with Crippen molar-refractivity contribution in [1.82, 2.24) is 4.90 Å². The summed E-state index contributed by atoms with van der Waals surface area (Å²) in [5.41, 5.74) is 0.991. The van der Waals surface area contributed by atoms with Crippen LogP contribution in [0.4, 0.5) is 0 Å². The first-order chi connectivity index (χ1) is 10.1. The molecule has 0 bridgehead atoms. The van der Waals surface area contributed by atoms with E-state index in [1.165, 1.54) is 7.11 Å². The fraction of sp³-hybridized carbons (Fsp3) is 0.500. The van der Waals surface area contributed by atoms with Crippen LogP contribution in [0.15, 0.2) is 28.7 Å². The van der Waals surface area contributed by atoms with Gasteiger partial charge in [0.1, 0.15) is 0 Å². The summed E-state index contributed by atoms with van der Waals surface area (Å²) in [4.78, 5) is 25.8. The summed E-state index contributed by atoms with van der Waals surface area (Å²) in [6.07, 6.45) is 3.61. The molecule has 0 spiro atoms. The second-order valence-corrected chi connectivity index (χ2v) is 6.24. The van der Waals surface area contributed by atoms with Crippen LogP contribution in [0, 0.1) is 0 Å². The van der Waals surface area contributed by atoms with E-state index in [1.807, 2.05) is 29.2 Å². The molecule has 0 N–H and O–H groups in total. The maximum atomic E-state index is 12.5. The Balaban J connectivity index is 2.00. The Labute approximate surface area is 133 Å². The van der Waals surface area contributed by atoms with Crippen molar-refractivity contribution in [3.05, 3.63) is 34.3 Å². The molecule has 5 heteroatoms. The van der Waals surface area contributed by atoms with Gasteiger partial charge in [0.05, 0.1) is 20.0 Å². The number of amides is 1. The lowest BCUT2D eigenvalue weighted by atomic mass is 9.98. The van der Waals surface area contributed by atoms with Crippen molar-refractivity contribution in [3.63, 3.8) is 0 Å². The maximum Gasteiger partial charge on any atom is 0.307 e. The van der Waals surface area contributed by atoms with Gasteiger partial charge in [0.15, 0.2) is 0 Å². The molecule has 1 unspecified atom stereocenters. The highest BCUT2D eigenvalue weighted by Crippen LogP contribution is 2.21. The van der Waals surface area contributed by atoms with Gasteiger partial charge in [-0.1, -0.05) is 28.1 Å². The molecule has 1 amide bonds. The standard InChI is InChI=1S/C16H20BrNO3/c1-21-16(20)11-14-4-2-3-9-18(14)15(19)10-12-5-7-13(17)8-6-12/h5-8,14H,2-4,9-11H2,1H3. The van der Waals surface area contributed by atoms with E-state index in [1.54, 1.807) is 0 Å². The first kappa shape index (κ1) is 16.0. The number of rotatable bonds is 4. The Kier molecular flexibility index (Phi) is 5.79. The number of carbonyl (C=O) groups is 2. The minimum atomic E-state index is -0.247. The molecule has 114 valence electrons. The average Bonchev–Trinajstić information content (AvgIpc) is 2.50. The quantitative estimate of drug-likeness (QED) is 0.781. The maximum absolute atomic E-state index is 12.5. The van der Waals surface area contributed by atoms with Gasteiger partial charge >= 0.3 is 5.97 Å². The zero-order valence-electron chi connectivity index (χ0n) is 12.2. The van der Waals surface area contributed by atoms with Crippen LogP contribution >= 0.6 is 15.9 Å². The molecule has 0 aromatic heterocycles. The molecule has 0 aliphatic carbocycles. The third-order valence-corrected chi connectivity index (χ3v) is 4.37. The first-order valence-electron chi connectivity index (χ1n) is 7.21. The van der Waals surface area contributed by atoms with Crippen molar-refractivity contribution in [3.8, 4) is 0 Å². The van der Waals surface area contributed by atoms with E-state index >= 15 is 0 Å². The van der Waals surface area contributed by atoms with Crippen LogP contribution in [0.5, 0.6) is 0 Å². The minimum Gasteiger partial charge on any atom is -0.469 e. The third kappa shape index (κ3) is 4.56. The SMILES string of the molecule is COC(=O)CC1CCCCN1C(=O)Cc1ccc(Br)cc1. The number of nitrogens with zero attached hydrogens (tertiary/aromatic N) is 1. The van der Waals surface area contributed by atoms with Gasteiger partial charge in [-0.3, -0.25) is 9.59 Å². The number of methoxy groups -OCH3 is 1. The van der Waals surface area contributed by atoms with Crippen molar-refractivity contribution in [1.29, 1.82) is 0 Å². The second kappa shape index (κ2) is 7.59. The van der Waals surface area contributed by atoms with Crippen molar-refractivity contribution in [2.24, 2.45) is 0 Å². The molecule has 1 saturated heterocycles. The highest BCUT2D eigenvalue weighted by Gasteiger charge is 2.28. The molecule has 1 aromatic rings. The molecule has 21 heavy (non-hydrogen) atoms. The number of carbonyl (C=O) groups excluding carboxylic acids is 2. The summed E-state index contributed by atoms with van der Waals surface area (Å²) in [6, 6.07) is 7.74. The summed E-state index contributed by atoms with van der Waals surface area (Å²) in [7, 11) is 1.39. The molecule has 1 aliphatic rings. The number of esters is 1. The average molecular weight is 354 g/mol. The van der Waals surface area contributed by atoms with E-state index in [4.69, 9.17) is 4.74 Å². The van der Waals surface area contributed by atoms with Crippen molar-refractivity contribution in [2.45, 2.75) is 38.1 Å². The zero-order valence-corrected chi connectivity index (χ0v) is 13.8. The molecule has 1 fully saturated rings. The van der Waals surface area contributed by atoms with E-state index in [-0.39, 0.29) is 17.9 Å². The number of halogens is 1. The predicted molar refractivity (Wildman–Crippen MR) is 83.8 cm³/mol. The summed E-state index contributed by atoms with van der Waals surface area (Å²) in [5, 5.41) is 0. The number of piperidine rings is 1. The van der Waals surface area contributed by atoms with Gasteiger partial charge in [-0.15, -0.1) is 0 Å². The van der Waals surface area contributed by atoms with Crippen LogP contribution in [-0.2, 0) is 20.7 Å². The van der Waals surface area contributed by atoms with Gasteiger partial charge in [-0.25, -0.2) is 0 Å². The molecule has 1 aliphatic heterocycles. The van der Waals surface area contributed by atoms with Gasteiger partial charge < -0.3 is 9.64 Å². The molecular weight excluding hydrogens is 334 g/mol. The lowest BCUT2D eigenvalue weighted by Crippen LogP contribution is -2.45. The van der Waals surface area contributed by atoms with E-state index in [9.17, 15) is 9.59 Å². The van der Waals surface area contributed by atoms with Crippen molar-refractivity contribution >= 4 is 27.8 Å². The van der Waals surface area contributed by atoms with Crippen LogP contribution in [0.2, 0.25) is 0 Å². The topological polar surface area (TPSA) is 46.6 Å². The third-order valence-electron chi connectivity index (χ3n) is 3.85. The molecular formula is C16H20BrNO3. The lowest BCUT2D eigenvalue weighted by Gasteiger charge is -2.35. The number of hydrogen-bond acceptors (Lipinski definition) is 3. The summed E-state index contributed by atoms with van der Waals surface area (Å²) >= 11 is 3.39. The Morgan fingerprint density at radius 2 is 2.00 bits per heavy atom. The number of hydrogen-bond donors (Lipinski definition) is 0. The van der Waals surface area contributed by atoms with E-state index < -0.39 is 0 Å². The van der Waals surface area contributed by atoms with Crippen molar-refractivity contribution < 1.29 is 14.3 Å². The number of benzene rings is 1. The van der Waals surface area contributed by atoms with Crippen LogP contribution in [0.25, 0.3) is 0 Å². The van der Waals surface area contributed by atoms with Gasteiger partial charge in [-0.05, 0) is 37.0 Å². The van der Waals surface area contributed by atoms with E-state index in [0.29, 0.717) is 12.8 Å². The Morgan fingerprint density at radius 1 is 1.29 bits per heavy atom. The number of likely N-dealkylation sites (tertiary alicyclic amines) is 1. The minimum absolute atomic E-state index is 0.0193. The highest BCUT2D eigenvalue weighted by atomic mass is 79.9. The van der Waals surface area contributed by atoms with Crippen molar-refractivity contribution in [2.75, 3.05) is 13.7 Å². The smallest absolute Gasteiger partial charge is 0.307 e. The van der Waals surface area contributed by atoms with Crippen LogP contribution < -0.4 is 0 Å². The molecule has 1 heterocycles. The zero-order chi connectivity index (χ0) is 15.2. The van der Waals surface area contributed by atoms with Gasteiger partial charge in [0.2, 0.25) is 5.91 Å². The second-order valence-electron chi connectivity index (χ2n) is 5.32. The molecule has 0 radical (unpaired) electrons. The lowest BCUT2D eigenvalue weighted by molar-refractivity contribution is -0.144. The molecule has 1 atom stereocenters. The van der Waals surface area contributed by atoms with Gasteiger partial charge in [-0.2, -0.15) is 0 Å². The Hall–Kier alpha value is -1.36. The largest absolute Gasteiger partial charge is 0.469 e. The normalized spacial score (nSPS) is 18.4. The van der Waals surface area contributed by atoms with Crippen LogP contribution in [0.3, 0.4) is 0 Å². The van der Waals surface area contributed by atoms with Gasteiger partial charge in [0.25, 0.3) is 0 Å². The fourth-order valence-electron chi connectivity index (χ4n) is 2.70. The monoisotopic (exact) mass is 353 g/mol. The van der Waals surface area contributed by atoms with E-state index in [0.717, 1.165) is 35.8 Å². The number of ether oxygens (including phenoxy) is 1. The van der Waals surface area contributed by atoms with Crippen LogP contribution in [-0.4, -0.2) is 36.5 Å². The highest BCUT2D eigenvalue weighted by molar-refractivity contribution is 9.10. The summed E-state index contributed by atoms with van der Waals surface area (Å²) < 4.78 is 5.73. The Bertz CT molecular complexity index is 501. The predicted octanol–water partition coefficient (Wildman–Crippen LogP) is 2.94. The molecule has 2 rings (SSSR count). The van der Waals surface area contributed by atoms with Crippen LogP contribution in [0.1, 0.15) is 31.2 Å². The fourth-order valence-corrected chi connectivity index (χ4v) is 2.96. The molecule has 1 aromatic carbocycles. The summed E-state index contributed by atoms with van der Waals surface area (Å²) in [5.74, 6) is -0.158. The molecule has 4 nitrogen and oxygen atoms in total. The molecule has 0 saturated carbocycles. The first-order valence-corrected chi connectivity index (χ1v) is 8.00. The summed E-state index contributed by atoms with van der Waals surface area (Å²) in [6.45, 7) is 0.733. The van der Waals surface area contributed by atoms with E-state index in [2.05, 4.69) is 15.9 Å². The Morgan fingerprint density at radius 3 is 2.67 bits per heavy atom.